The first-order valence-electron chi connectivity index (χ1n) is 6.62. The number of hydrogen-bond acceptors (Lipinski definition) is 4. The molecule has 0 aliphatic rings. The van der Waals surface area contributed by atoms with Crippen molar-refractivity contribution in [2.24, 2.45) is 0 Å². The van der Waals surface area contributed by atoms with E-state index in [1.54, 1.807) is 12.1 Å². The summed E-state index contributed by atoms with van der Waals surface area (Å²) in [5, 5.41) is 11.5. The Hall–Kier alpha value is -1.31. The molecule has 0 saturated heterocycles. The first-order valence-corrected chi connectivity index (χ1v) is 9.23. The summed E-state index contributed by atoms with van der Waals surface area (Å²) < 4.78 is 27.4. The molecule has 0 heterocycles. The fourth-order valence-electron chi connectivity index (χ4n) is 2.08. The molecule has 2 aromatic rings. The Bertz CT molecular complexity index is 851. The van der Waals surface area contributed by atoms with E-state index in [0.29, 0.717) is 5.56 Å². The van der Waals surface area contributed by atoms with Crippen LogP contribution in [0.3, 0.4) is 0 Å². The van der Waals surface area contributed by atoms with Crippen molar-refractivity contribution in [2.45, 2.75) is 17.4 Å². The van der Waals surface area contributed by atoms with Crippen LogP contribution < -0.4 is 9.83 Å². The molecule has 2 rings (SSSR count). The van der Waals surface area contributed by atoms with Crippen LogP contribution in [0, 0.1) is 0 Å². The van der Waals surface area contributed by atoms with Crippen LogP contribution >= 0.6 is 34.8 Å². The number of carbonyl (C=O) groups is 1. The maximum Gasteiger partial charge on any atom is 0.241 e. The van der Waals surface area contributed by atoms with Crippen molar-refractivity contribution in [3.05, 3.63) is 63.1 Å². The molecular formula is C15H11Cl3NO4S-. The highest BCUT2D eigenvalue weighted by Gasteiger charge is 2.24. The van der Waals surface area contributed by atoms with Gasteiger partial charge >= 0.3 is 0 Å². The summed E-state index contributed by atoms with van der Waals surface area (Å²) in [6.07, 6.45) is -0.586. The van der Waals surface area contributed by atoms with Gasteiger partial charge in [-0.3, -0.25) is 0 Å². The molecule has 0 spiro atoms. The van der Waals surface area contributed by atoms with E-state index in [0.717, 1.165) is 0 Å². The second-order valence-corrected chi connectivity index (χ2v) is 7.87. The van der Waals surface area contributed by atoms with Crippen molar-refractivity contribution < 1.29 is 18.3 Å². The average molecular weight is 408 g/mol. The summed E-state index contributed by atoms with van der Waals surface area (Å²) in [6.45, 7) is 0. The smallest absolute Gasteiger partial charge is 0.241 e. The molecule has 1 atom stereocenters. The van der Waals surface area contributed by atoms with Crippen molar-refractivity contribution in [1.82, 2.24) is 4.72 Å². The lowest BCUT2D eigenvalue weighted by molar-refractivity contribution is -0.306. The average Bonchev–Trinajstić information content (AvgIpc) is 2.45. The van der Waals surface area contributed by atoms with Gasteiger partial charge in [-0.05, 0) is 29.8 Å². The predicted molar refractivity (Wildman–Crippen MR) is 90.6 cm³/mol. The van der Waals surface area contributed by atoms with Crippen molar-refractivity contribution >= 4 is 50.8 Å². The van der Waals surface area contributed by atoms with E-state index in [9.17, 15) is 18.3 Å². The SMILES string of the molecule is O=C([O-])C[C@H](NS(=O)(=O)c1cc(Cl)cc(Cl)c1)c1ccccc1Cl. The first-order chi connectivity index (χ1) is 11.2. The van der Waals surface area contributed by atoms with E-state index in [4.69, 9.17) is 34.8 Å². The van der Waals surface area contributed by atoms with Gasteiger partial charge in [-0.2, -0.15) is 0 Å². The van der Waals surface area contributed by atoms with Crippen LogP contribution in [0.4, 0.5) is 0 Å². The van der Waals surface area contributed by atoms with Crippen LogP contribution in [-0.4, -0.2) is 14.4 Å². The number of aliphatic carboxylic acids is 1. The molecule has 0 aliphatic carbocycles. The highest BCUT2D eigenvalue weighted by atomic mass is 35.5. The number of rotatable bonds is 6. The van der Waals surface area contributed by atoms with Gasteiger partial charge in [-0.25, -0.2) is 13.1 Å². The molecule has 5 nitrogen and oxygen atoms in total. The molecule has 9 heteroatoms. The highest BCUT2D eigenvalue weighted by Crippen LogP contribution is 2.28. The first kappa shape index (κ1) is 19.0. The molecule has 0 unspecified atom stereocenters. The van der Waals surface area contributed by atoms with E-state index in [-0.39, 0.29) is 20.0 Å². The van der Waals surface area contributed by atoms with Crippen molar-refractivity contribution in [2.75, 3.05) is 0 Å². The van der Waals surface area contributed by atoms with Crippen LogP contribution in [0.25, 0.3) is 0 Å². The molecule has 128 valence electrons. The van der Waals surface area contributed by atoms with E-state index < -0.39 is 28.5 Å². The fraction of sp³-hybridized carbons (Fsp3) is 0.133. The summed E-state index contributed by atoms with van der Waals surface area (Å²) in [7, 11) is -4.08. The Labute approximate surface area is 154 Å². The fourth-order valence-corrected chi connectivity index (χ4v) is 4.29. The lowest BCUT2D eigenvalue weighted by Crippen LogP contribution is -2.34. The van der Waals surface area contributed by atoms with Gasteiger partial charge in [-0.15, -0.1) is 0 Å². The molecule has 0 radical (unpaired) electrons. The van der Waals surface area contributed by atoms with Crippen LogP contribution in [0.1, 0.15) is 18.0 Å². The number of benzene rings is 2. The minimum absolute atomic E-state index is 0.136. The Morgan fingerprint density at radius 1 is 1.08 bits per heavy atom. The molecule has 0 fully saturated rings. The predicted octanol–water partition coefficient (Wildman–Crippen LogP) is 2.81. The normalized spacial score (nSPS) is 12.8. The van der Waals surface area contributed by atoms with Gasteiger partial charge in [0.1, 0.15) is 0 Å². The lowest BCUT2D eigenvalue weighted by Gasteiger charge is -2.21. The van der Waals surface area contributed by atoms with E-state index in [1.807, 2.05) is 0 Å². The molecule has 0 aromatic heterocycles. The van der Waals surface area contributed by atoms with Crippen LogP contribution in [0.15, 0.2) is 47.4 Å². The minimum atomic E-state index is -4.08. The third-order valence-corrected chi connectivity index (χ3v) is 5.33. The zero-order chi connectivity index (χ0) is 17.9. The van der Waals surface area contributed by atoms with Gasteiger partial charge in [-0.1, -0.05) is 53.0 Å². The summed E-state index contributed by atoms with van der Waals surface area (Å²) in [5.41, 5.74) is 0.320. The van der Waals surface area contributed by atoms with Crippen LogP contribution in [-0.2, 0) is 14.8 Å². The van der Waals surface area contributed by atoms with Gasteiger partial charge in [0.25, 0.3) is 0 Å². The highest BCUT2D eigenvalue weighted by molar-refractivity contribution is 7.89. The van der Waals surface area contributed by atoms with E-state index in [2.05, 4.69) is 4.72 Å². The summed E-state index contributed by atoms with van der Waals surface area (Å²) in [4.78, 5) is 10.8. The number of hydrogen-bond donors (Lipinski definition) is 1. The van der Waals surface area contributed by atoms with Crippen molar-refractivity contribution in [1.29, 1.82) is 0 Å². The largest absolute Gasteiger partial charge is 0.550 e. The standard InChI is InChI=1S/C15H12Cl3NO4S/c16-9-5-10(17)7-11(6-9)24(22,23)19-14(8-15(20)21)12-3-1-2-4-13(12)18/h1-7,14,19H,8H2,(H,20,21)/p-1/t14-/m0/s1. The topological polar surface area (TPSA) is 86.3 Å². The quantitative estimate of drug-likeness (QED) is 0.798. The molecule has 24 heavy (non-hydrogen) atoms. The third kappa shape index (κ3) is 4.84. The number of nitrogens with one attached hydrogen (secondary N) is 1. The Morgan fingerprint density at radius 2 is 1.67 bits per heavy atom. The maximum absolute atomic E-state index is 12.5. The Kier molecular flexibility index (Phi) is 6.11. The van der Waals surface area contributed by atoms with Gasteiger partial charge in [0, 0.05) is 27.5 Å². The second-order valence-electron chi connectivity index (χ2n) is 4.88. The number of carboxylic acid groups (broad SMARTS) is 1. The van der Waals surface area contributed by atoms with Crippen molar-refractivity contribution in [3.8, 4) is 0 Å². The number of sulfonamides is 1. The molecule has 2 aromatic carbocycles. The molecule has 0 amide bonds. The molecule has 0 saturated carbocycles. The van der Waals surface area contributed by atoms with E-state index in [1.165, 1.54) is 30.3 Å². The monoisotopic (exact) mass is 406 g/mol. The maximum atomic E-state index is 12.5. The Balaban J connectivity index is 2.41. The van der Waals surface area contributed by atoms with Crippen LogP contribution in [0.2, 0.25) is 15.1 Å². The summed E-state index contributed by atoms with van der Waals surface area (Å²) in [6, 6.07) is 9.02. The summed E-state index contributed by atoms with van der Waals surface area (Å²) in [5.74, 6) is -1.42. The van der Waals surface area contributed by atoms with Crippen molar-refractivity contribution in [3.63, 3.8) is 0 Å². The zero-order valence-corrected chi connectivity index (χ0v) is 15.1. The van der Waals surface area contributed by atoms with E-state index >= 15 is 0 Å². The summed E-state index contributed by atoms with van der Waals surface area (Å²) >= 11 is 17.7. The third-order valence-electron chi connectivity index (χ3n) is 3.10. The molecule has 0 aliphatic heterocycles. The van der Waals surface area contributed by atoms with Crippen LogP contribution in [0.5, 0.6) is 0 Å². The lowest BCUT2D eigenvalue weighted by atomic mass is 10.1. The second kappa shape index (κ2) is 7.72. The van der Waals surface area contributed by atoms with Gasteiger partial charge in [0.2, 0.25) is 10.0 Å². The number of halogens is 3. The van der Waals surface area contributed by atoms with Gasteiger partial charge in [0.05, 0.1) is 10.9 Å². The zero-order valence-electron chi connectivity index (χ0n) is 12.0. The molecular weight excluding hydrogens is 397 g/mol. The Morgan fingerprint density at radius 3 is 2.21 bits per heavy atom. The minimum Gasteiger partial charge on any atom is -0.550 e. The van der Waals surface area contributed by atoms with Gasteiger partial charge in [0.15, 0.2) is 0 Å². The van der Waals surface area contributed by atoms with Gasteiger partial charge < -0.3 is 9.90 Å². The number of carboxylic acids is 1. The number of carbonyl (C=O) groups excluding carboxylic acids is 1. The molecule has 0 bridgehead atoms. The molecule has 1 N–H and O–H groups in total.